The topological polar surface area (TPSA) is 95.6 Å². The van der Waals surface area contributed by atoms with Gasteiger partial charge in [-0.15, -0.1) is 0 Å². The van der Waals surface area contributed by atoms with Crippen molar-refractivity contribution in [3.63, 3.8) is 0 Å². The largest absolute Gasteiger partial charge is 0.355 e. The smallest absolute Gasteiger partial charge is 0.293 e. The maximum atomic E-state index is 12.5. The highest BCUT2D eigenvalue weighted by Crippen LogP contribution is 2.37. The summed E-state index contributed by atoms with van der Waals surface area (Å²) in [6.07, 6.45) is 2.57. The molecule has 1 aromatic rings. The number of carbonyl (C=O) groups is 4. The van der Waals surface area contributed by atoms with Crippen LogP contribution in [0.25, 0.3) is 6.08 Å². The summed E-state index contributed by atoms with van der Waals surface area (Å²) in [5.74, 6) is -0.226. The lowest BCUT2D eigenvalue weighted by atomic mass is 10.2. The van der Waals surface area contributed by atoms with Crippen LogP contribution in [0.15, 0.2) is 23.1 Å². The van der Waals surface area contributed by atoms with Gasteiger partial charge in [-0.25, -0.2) is 0 Å². The van der Waals surface area contributed by atoms with Gasteiger partial charge in [0.25, 0.3) is 11.1 Å². The number of hydrogen-bond donors (Lipinski definition) is 2. The minimum atomic E-state index is -0.443. The normalized spacial score (nSPS) is 21.8. The van der Waals surface area contributed by atoms with Crippen molar-refractivity contribution in [2.24, 2.45) is 11.8 Å². The molecule has 2 aliphatic rings. The van der Waals surface area contributed by atoms with E-state index < -0.39 is 11.1 Å². The lowest BCUT2D eigenvalue weighted by Gasteiger charge is -2.13. The Balaban J connectivity index is 1.44. The van der Waals surface area contributed by atoms with Crippen molar-refractivity contribution in [3.05, 3.63) is 38.7 Å². The molecule has 7 nitrogen and oxygen atoms in total. The number of halogens is 2. The molecular formula is C20H21Cl2N3O4S. The summed E-state index contributed by atoms with van der Waals surface area (Å²) in [6, 6.07) is 5.03. The Morgan fingerprint density at radius 1 is 1.23 bits per heavy atom. The van der Waals surface area contributed by atoms with Gasteiger partial charge < -0.3 is 10.6 Å². The maximum absolute atomic E-state index is 12.5. The lowest BCUT2D eigenvalue weighted by Crippen LogP contribution is -2.38. The molecule has 2 N–H and O–H groups in total. The van der Waals surface area contributed by atoms with Gasteiger partial charge in [0.05, 0.1) is 15.0 Å². The lowest BCUT2D eigenvalue weighted by molar-refractivity contribution is -0.125. The van der Waals surface area contributed by atoms with Gasteiger partial charge in [-0.1, -0.05) is 42.3 Å². The van der Waals surface area contributed by atoms with Gasteiger partial charge in [0.15, 0.2) is 0 Å². The van der Waals surface area contributed by atoms with Crippen LogP contribution in [0.1, 0.15) is 25.3 Å². The van der Waals surface area contributed by atoms with Crippen molar-refractivity contribution in [2.45, 2.75) is 19.8 Å². The fourth-order valence-corrected chi connectivity index (χ4v) is 4.20. The Labute approximate surface area is 188 Å². The monoisotopic (exact) mass is 469 g/mol. The van der Waals surface area contributed by atoms with Crippen molar-refractivity contribution in [1.82, 2.24) is 15.5 Å². The summed E-state index contributed by atoms with van der Waals surface area (Å²) in [5.41, 5.74) is 0.547. The van der Waals surface area contributed by atoms with Crippen LogP contribution in [-0.4, -0.2) is 47.5 Å². The third kappa shape index (κ3) is 5.56. The van der Waals surface area contributed by atoms with Gasteiger partial charge in [0.1, 0.15) is 0 Å². The zero-order valence-electron chi connectivity index (χ0n) is 16.2. The molecule has 3 rings (SSSR count). The summed E-state index contributed by atoms with van der Waals surface area (Å²) in [7, 11) is 0. The summed E-state index contributed by atoms with van der Waals surface area (Å²) >= 11 is 12.9. The Hall–Kier alpha value is -2.03. The Morgan fingerprint density at radius 3 is 2.67 bits per heavy atom. The second-order valence-electron chi connectivity index (χ2n) is 7.19. The van der Waals surface area contributed by atoms with Crippen LogP contribution in [0, 0.1) is 11.8 Å². The second-order valence-corrected chi connectivity index (χ2v) is 8.97. The molecule has 160 valence electrons. The van der Waals surface area contributed by atoms with Crippen molar-refractivity contribution < 1.29 is 19.2 Å². The molecule has 2 fully saturated rings. The molecule has 0 aromatic heterocycles. The minimum absolute atomic E-state index is 0.0142. The number of rotatable bonds is 8. The highest BCUT2D eigenvalue weighted by molar-refractivity contribution is 8.18. The molecule has 0 bridgehead atoms. The number of benzene rings is 1. The standard InChI is InChI=1S/C20H21Cl2N3O4S/c1-11-9-13(11)18(27)24-6-5-16(26)23-7-8-25-19(28)15(30-20(25)29)10-12-3-2-4-14(21)17(12)22/h2-4,10-11,13H,5-9H2,1H3,(H,23,26)(H,24,27)/b15-10-. The molecule has 2 atom stereocenters. The van der Waals surface area contributed by atoms with E-state index >= 15 is 0 Å². The molecule has 1 aliphatic carbocycles. The number of nitrogens with one attached hydrogen (secondary N) is 2. The Morgan fingerprint density at radius 2 is 1.97 bits per heavy atom. The zero-order valence-corrected chi connectivity index (χ0v) is 18.6. The quantitative estimate of drug-likeness (QED) is 0.569. The first-order valence-corrected chi connectivity index (χ1v) is 11.1. The fourth-order valence-electron chi connectivity index (χ4n) is 2.98. The van der Waals surface area contributed by atoms with E-state index in [0.717, 1.165) is 23.1 Å². The molecule has 2 unspecified atom stereocenters. The van der Waals surface area contributed by atoms with Crippen molar-refractivity contribution in [3.8, 4) is 0 Å². The molecule has 10 heteroatoms. The number of thioether (sulfide) groups is 1. The van der Waals surface area contributed by atoms with E-state index in [4.69, 9.17) is 23.2 Å². The van der Waals surface area contributed by atoms with Crippen LogP contribution >= 0.6 is 35.0 Å². The van der Waals surface area contributed by atoms with E-state index in [9.17, 15) is 19.2 Å². The van der Waals surface area contributed by atoms with Crippen LogP contribution in [0.5, 0.6) is 0 Å². The van der Waals surface area contributed by atoms with E-state index in [-0.39, 0.29) is 48.7 Å². The van der Waals surface area contributed by atoms with Crippen molar-refractivity contribution >= 4 is 64.0 Å². The molecule has 1 saturated heterocycles. The number of nitrogens with zero attached hydrogens (tertiary/aromatic N) is 1. The molecule has 1 heterocycles. The highest BCUT2D eigenvalue weighted by Gasteiger charge is 2.38. The first-order valence-electron chi connectivity index (χ1n) is 9.51. The predicted octanol–water partition coefficient (Wildman–Crippen LogP) is 3.31. The number of carbonyl (C=O) groups excluding carboxylic acids is 4. The maximum Gasteiger partial charge on any atom is 0.293 e. The first-order chi connectivity index (χ1) is 14.3. The summed E-state index contributed by atoms with van der Waals surface area (Å²) in [6.45, 7) is 2.47. The minimum Gasteiger partial charge on any atom is -0.355 e. The third-order valence-corrected chi connectivity index (χ3v) is 6.64. The van der Waals surface area contributed by atoms with E-state index in [1.807, 2.05) is 6.92 Å². The van der Waals surface area contributed by atoms with Gasteiger partial charge in [-0.3, -0.25) is 24.1 Å². The Kier molecular flexibility index (Phi) is 7.44. The molecule has 0 radical (unpaired) electrons. The fraction of sp³-hybridized carbons (Fsp3) is 0.400. The summed E-state index contributed by atoms with van der Waals surface area (Å²) in [5, 5.41) is 5.65. The number of hydrogen-bond acceptors (Lipinski definition) is 5. The molecule has 4 amide bonds. The van der Waals surface area contributed by atoms with Gasteiger partial charge in [0.2, 0.25) is 11.8 Å². The van der Waals surface area contributed by atoms with Crippen LogP contribution in [0.3, 0.4) is 0 Å². The summed E-state index contributed by atoms with van der Waals surface area (Å²) < 4.78 is 0. The third-order valence-electron chi connectivity index (χ3n) is 4.90. The van der Waals surface area contributed by atoms with E-state index in [0.29, 0.717) is 21.5 Å². The molecule has 1 saturated carbocycles. The second kappa shape index (κ2) is 9.85. The highest BCUT2D eigenvalue weighted by atomic mass is 35.5. The van der Waals surface area contributed by atoms with Gasteiger partial charge in [0, 0.05) is 32.0 Å². The van der Waals surface area contributed by atoms with E-state index in [1.165, 1.54) is 6.08 Å². The van der Waals surface area contributed by atoms with E-state index in [1.54, 1.807) is 18.2 Å². The molecular weight excluding hydrogens is 449 g/mol. The first kappa shape index (κ1) is 22.7. The predicted molar refractivity (Wildman–Crippen MR) is 117 cm³/mol. The van der Waals surface area contributed by atoms with Crippen LogP contribution in [-0.2, 0) is 14.4 Å². The molecule has 0 spiro atoms. The van der Waals surface area contributed by atoms with Crippen molar-refractivity contribution in [2.75, 3.05) is 19.6 Å². The number of amides is 4. The van der Waals surface area contributed by atoms with Crippen LogP contribution in [0.2, 0.25) is 10.0 Å². The zero-order chi connectivity index (χ0) is 21.8. The van der Waals surface area contributed by atoms with Gasteiger partial charge >= 0.3 is 0 Å². The average molecular weight is 470 g/mol. The SMILES string of the molecule is CC1CC1C(=O)NCCC(=O)NCCN1C(=O)S/C(=C\c2cccc(Cl)c2Cl)C1=O. The number of imide groups is 1. The van der Waals surface area contributed by atoms with Crippen molar-refractivity contribution in [1.29, 1.82) is 0 Å². The molecule has 1 aromatic carbocycles. The molecule has 30 heavy (non-hydrogen) atoms. The molecule has 1 aliphatic heterocycles. The van der Waals surface area contributed by atoms with Gasteiger partial charge in [-0.2, -0.15) is 0 Å². The Bertz CT molecular complexity index is 921. The average Bonchev–Trinajstić information content (AvgIpc) is 3.38. The van der Waals surface area contributed by atoms with E-state index in [2.05, 4.69) is 10.6 Å². The van der Waals surface area contributed by atoms with Crippen LogP contribution < -0.4 is 10.6 Å². The summed E-state index contributed by atoms with van der Waals surface area (Å²) in [4.78, 5) is 49.6. The van der Waals surface area contributed by atoms with Crippen LogP contribution in [0.4, 0.5) is 4.79 Å². The van der Waals surface area contributed by atoms with Gasteiger partial charge in [-0.05, 0) is 41.8 Å².